The minimum atomic E-state index is -0.986. The van der Waals surface area contributed by atoms with Gasteiger partial charge < -0.3 is 15.2 Å². The van der Waals surface area contributed by atoms with Crippen molar-refractivity contribution in [3.8, 4) is 5.75 Å². The lowest BCUT2D eigenvalue weighted by Crippen LogP contribution is -2.51. The first-order valence-electron chi connectivity index (χ1n) is 10.6. The van der Waals surface area contributed by atoms with Gasteiger partial charge in [0.1, 0.15) is 24.0 Å². The second-order valence-corrected chi connectivity index (χ2v) is 8.32. The number of imide groups is 1. The molecule has 1 saturated heterocycles. The van der Waals surface area contributed by atoms with Gasteiger partial charge in [-0.3, -0.25) is 9.69 Å². The van der Waals surface area contributed by atoms with Gasteiger partial charge in [0, 0.05) is 11.8 Å². The Balaban J connectivity index is 1.26. The highest BCUT2D eigenvalue weighted by Gasteiger charge is 2.52. The number of β-amino-alcohol motifs (C(OH)–C–C–N with tert-alkyl or cyclic N) is 1. The fourth-order valence-corrected chi connectivity index (χ4v) is 4.64. The second kappa shape index (κ2) is 7.71. The molecule has 158 valence electrons. The molecule has 0 radical (unpaired) electrons. The standard InChI is InChI=1S/C25H24N2O4/c28-20(16-31-22-11-5-9-18-7-3-4-10-21(18)22)15-27-23(29)25(26-24(27)30)13-12-17-6-1-2-8-19(17)14-25/h1-11,20,28H,12-16H2,(H,26,30). The molecule has 0 bridgehead atoms. The first-order chi connectivity index (χ1) is 15.1. The number of benzene rings is 3. The molecule has 31 heavy (non-hydrogen) atoms. The second-order valence-electron chi connectivity index (χ2n) is 8.32. The van der Waals surface area contributed by atoms with Gasteiger partial charge in [-0.25, -0.2) is 4.79 Å². The molecular weight excluding hydrogens is 392 g/mol. The summed E-state index contributed by atoms with van der Waals surface area (Å²) in [6.45, 7) is -0.111. The normalized spacial score (nSPS) is 21.3. The number of urea groups is 1. The Bertz CT molecular complexity index is 1160. The molecule has 0 aromatic heterocycles. The van der Waals surface area contributed by atoms with Crippen LogP contribution in [0.4, 0.5) is 4.79 Å². The lowest BCUT2D eigenvalue weighted by atomic mass is 9.78. The highest BCUT2D eigenvalue weighted by molar-refractivity contribution is 6.07. The maximum absolute atomic E-state index is 13.2. The van der Waals surface area contributed by atoms with Crippen LogP contribution in [0.2, 0.25) is 0 Å². The van der Waals surface area contributed by atoms with Crippen molar-refractivity contribution in [3.05, 3.63) is 77.9 Å². The van der Waals surface area contributed by atoms with E-state index in [0.717, 1.165) is 27.7 Å². The molecule has 2 atom stereocenters. The highest BCUT2D eigenvalue weighted by atomic mass is 16.5. The Morgan fingerprint density at radius 2 is 1.74 bits per heavy atom. The van der Waals surface area contributed by atoms with Gasteiger partial charge >= 0.3 is 6.03 Å². The summed E-state index contributed by atoms with van der Waals surface area (Å²) in [6.07, 6.45) is 0.795. The van der Waals surface area contributed by atoms with E-state index in [1.54, 1.807) is 0 Å². The molecule has 1 fully saturated rings. The van der Waals surface area contributed by atoms with Crippen molar-refractivity contribution in [1.29, 1.82) is 0 Å². The fraction of sp³-hybridized carbons (Fsp3) is 0.280. The predicted molar refractivity (Wildman–Crippen MR) is 117 cm³/mol. The molecule has 2 aliphatic rings. The van der Waals surface area contributed by atoms with Gasteiger partial charge in [-0.15, -0.1) is 0 Å². The van der Waals surface area contributed by atoms with Crippen molar-refractivity contribution >= 4 is 22.7 Å². The van der Waals surface area contributed by atoms with Crippen molar-refractivity contribution in [3.63, 3.8) is 0 Å². The first-order valence-corrected chi connectivity index (χ1v) is 10.6. The average Bonchev–Trinajstić information content (AvgIpc) is 3.01. The van der Waals surface area contributed by atoms with Gasteiger partial charge in [0.2, 0.25) is 0 Å². The maximum atomic E-state index is 13.2. The molecule has 0 saturated carbocycles. The minimum Gasteiger partial charge on any atom is -0.490 e. The quantitative estimate of drug-likeness (QED) is 0.627. The third-order valence-electron chi connectivity index (χ3n) is 6.25. The molecule has 3 aromatic rings. The lowest BCUT2D eigenvalue weighted by Gasteiger charge is -2.32. The fourth-order valence-electron chi connectivity index (χ4n) is 4.64. The van der Waals surface area contributed by atoms with Crippen LogP contribution in [0.15, 0.2) is 66.7 Å². The number of aliphatic hydroxyl groups excluding tert-OH is 1. The molecule has 3 amide bonds. The largest absolute Gasteiger partial charge is 0.490 e. The minimum absolute atomic E-state index is 0.0130. The van der Waals surface area contributed by atoms with Crippen LogP contribution < -0.4 is 10.1 Å². The molecule has 5 rings (SSSR count). The van der Waals surface area contributed by atoms with Crippen molar-refractivity contribution in [2.45, 2.75) is 30.9 Å². The summed E-state index contributed by atoms with van der Waals surface area (Å²) in [6, 6.07) is 21.1. The number of nitrogens with zero attached hydrogens (tertiary/aromatic N) is 1. The third kappa shape index (κ3) is 3.53. The van der Waals surface area contributed by atoms with Crippen LogP contribution >= 0.6 is 0 Å². The number of aliphatic hydroxyl groups is 1. The zero-order valence-corrected chi connectivity index (χ0v) is 17.1. The topological polar surface area (TPSA) is 78.9 Å². The summed E-state index contributed by atoms with van der Waals surface area (Å²) in [4.78, 5) is 26.9. The molecule has 3 aromatic carbocycles. The van der Waals surface area contributed by atoms with Crippen LogP contribution in [0.5, 0.6) is 5.75 Å². The Morgan fingerprint density at radius 3 is 2.61 bits per heavy atom. The number of aryl methyl sites for hydroxylation is 1. The van der Waals surface area contributed by atoms with Gasteiger partial charge in [0.15, 0.2) is 0 Å². The maximum Gasteiger partial charge on any atom is 0.325 e. The third-order valence-corrected chi connectivity index (χ3v) is 6.25. The van der Waals surface area contributed by atoms with Crippen molar-refractivity contribution in [1.82, 2.24) is 10.2 Å². The number of carbonyl (C=O) groups excluding carboxylic acids is 2. The molecule has 1 spiro atoms. The van der Waals surface area contributed by atoms with E-state index in [4.69, 9.17) is 4.74 Å². The number of ether oxygens (including phenoxy) is 1. The molecule has 1 aliphatic carbocycles. The van der Waals surface area contributed by atoms with E-state index >= 15 is 0 Å². The van der Waals surface area contributed by atoms with Gasteiger partial charge in [0.25, 0.3) is 5.91 Å². The Labute approximate surface area is 180 Å². The van der Waals surface area contributed by atoms with Crippen molar-refractivity contribution in [2.24, 2.45) is 0 Å². The molecule has 2 unspecified atom stereocenters. The predicted octanol–water partition coefficient (Wildman–Crippen LogP) is 3.06. The monoisotopic (exact) mass is 416 g/mol. The van der Waals surface area contributed by atoms with E-state index in [-0.39, 0.29) is 19.1 Å². The Hall–Kier alpha value is -3.38. The van der Waals surface area contributed by atoms with E-state index in [1.165, 1.54) is 5.56 Å². The molecule has 2 N–H and O–H groups in total. The van der Waals surface area contributed by atoms with Crippen molar-refractivity contribution < 1.29 is 19.4 Å². The summed E-state index contributed by atoms with van der Waals surface area (Å²) in [5.41, 5.74) is 1.39. The summed E-state index contributed by atoms with van der Waals surface area (Å²) in [5, 5.41) is 15.4. The SMILES string of the molecule is O=C1NC2(CCc3ccccc3C2)C(=O)N1CC(O)COc1cccc2ccccc12. The van der Waals surface area contributed by atoms with E-state index < -0.39 is 17.7 Å². The lowest BCUT2D eigenvalue weighted by molar-refractivity contribution is -0.132. The van der Waals surface area contributed by atoms with Gasteiger partial charge in [0.05, 0.1) is 6.54 Å². The number of hydrogen-bond acceptors (Lipinski definition) is 4. The number of rotatable bonds is 5. The summed E-state index contributed by atoms with van der Waals surface area (Å²) in [7, 11) is 0. The van der Waals surface area contributed by atoms with E-state index in [0.29, 0.717) is 18.6 Å². The zero-order valence-electron chi connectivity index (χ0n) is 17.1. The molecule has 1 heterocycles. The van der Waals surface area contributed by atoms with Crippen molar-refractivity contribution in [2.75, 3.05) is 13.2 Å². The van der Waals surface area contributed by atoms with E-state index in [9.17, 15) is 14.7 Å². The van der Waals surface area contributed by atoms with Crippen LogP contribution in [0.25, 0.3) is 10.8 Å². The van der Waals surface area contributed by atoms with E-state index in [2.05, 4.69) is 11.4 Å². The average molecular weight is 416 g/mol. The molecular formula is C25H24N2O4. The molecule has 6 nitrogen and oxygen atoms in total. The van der Waals surface area contributed by atoms with Crippen LogP contribution in [-0.2, 0) is 17.6 Å². The van der Waals surface area contributed by atoms with Gasteiger partial charge in [-0.05, 0) is 35.4 Å². The molecule has 6 heteroatoms. The van der Waals surface area contributed by atoms with Gasteiger partial charge in [-0.2, -0.15) is 0 Å². The van der Waals surface area contributed by atoms with Crippen LogP contribution in [0, 0.1) is 0 Å². The number of nitrogens with one attached hydrogen (secondary N) is 1. The number of amides is 3. The Morgan fingerprint density at radius 1 is 1.00 bits per heavy atom. The molecule has 1 aliphatic heterocycles. The Kier molecular flexibility index (Phi) is 4.87. The van der Waals surface area contributed by atoms with Crippen LogP contribution in [0.1, 0.15) is 17.5 Å². The summed E-state index contributed by atoms with van der Waals surface area (Å²) >= 11 is 0. The zero-order chi connectivity index (χ0) is 21.4. The number of fused-ring (bicyclic) bond motifs is 2. The summed E-state index contributed by atoms with van der Waals surface area (Å²) < 4.78 is 5.83. The van der Waals surface area contributed by atoms with Crippen LogP contribution in [-0.4, -0.2) is 46.7 Å². The van der Waals surface area contributed by atoms with E-state index in [1.807, 2.05) is 60.7 Å². The van der Waals surface area contributed by atoms with Crippen LogP contribution in [0.3, 0.4) is 0 Å². The highest BCUT2D eigenvalue weighted by Crippen LogP contribution is 2.33. The number of carbonyl (C=O) groups is 2. The van der Waals surface area contributed by atoms with Gasteiger partial charge in [-0.1, -0.05) is 60.7 Å². The first kappa shape index (κ1) is 19.6. The summed E-state index contributed by atoms with van der Waals surface area (Å²) in [5.74, 6) is 0.394. The smallest absolute Gasteiger partial charge is 0.325 e. The number of hydrogen-bond donors (Lipinski definition) is 2.